The van der Waals surface area contributed by atoms with Crippen molar-refractivity contribution in [2.45, 2.75) is 0 Å². The van der Waals surface area contributed by atoms with Crippen LogP contribution in [0.2, 0.25) is 10.0 Å². The number of ether oxygens (including phenoxy) is 1. The van der Waals surface area contributed by atoms with Crippen LogP contribution in [0.4, 0.5) is 5.13 Å². The van der Waals surface area contributed by atoms with Crippen LogP contribution in [0.1, 0.15) is 15.2 Å². The second-order valence-electron chi connectivity index (χ2n) is 5.10. The Hall–Kier alpha value is -2.41. The number of aromatic nitrogens is 1. The topological polar surface area (TPSA) is 63.6 Å². The number of halogens is 2. The summed E-state index contributed by atoms with van der Waals surface area (Å²) >= 11 is 13.0. The van der Waals surface area contributed by atoms with Crippen molar-refractivity contribution in [3.8, 4) is 11.3 Å². The van der Waals surface area contributed by atoms with E-state index in [2.05, 4.69) is 15.5 Å². The normalized spacial score (nSPS) is 10.9. The molecule has 0 saturated heterocycles. The van der Waals surface area contributed by atoms with Gasteiger partial charge in [0.25, 0.3) is 0 Å². The second-order valence-corrected chi connectivity index (χ2v) is 6.91. The van der Waals surface area contributed by atoms with Gasteiger partial charge in [0.1, 0.15) is 4.88 Å². The summed E-state index contributed by atoms with van der Waals surface area (Å²) in [6, 6.07) is 14.6. The van der Waals surface area contributed by atoms with Crippen molar-refractivity contribution in [1.29, 1.82) is 0 Å². The van der Waals surface area contributed by atoms with Crippen LogP contribution in [-0.2, 0) is 4.74 Å². The van der Waals surface area contributed by atoms with Gasteiger partial charge in [0, 0.05) is 5.56 Å². The van der Waals surface area contributed by atoms with Crippen molar-refractivity contribution in [1.82, 2.24) is 4.98 Å². The van der Waals surface area contributed by atoms with Crippen LogP contribution in [0.5, 0.6) is 0 Å². The fourth-order valence-electron chi connectivity index (χ4n) is 2.15. The number of rotatable bonds is 5. The van der Waals surface area contributed by atoms with E-state index in [1.54, 1.807) is 24.4 Å². The Morgan fingerprint density at radius 2 is 1.96 bits per heavy atom. The fourth-order valence-corrected chi connectivity index (χ4v) is 3.31. The number of nitrogens with zero attached hydrogens (tertiary/aromatic N) is 2. The number of hydrogen-bond acceptors (Lipinski definition) is 6. The molecule has 132 valence electrons. The van der Waals surface area contributed by atoms with Crippen molar-refractivity contribution in [3.05, 3.63) is 69.0 Å². The fraction of sp³-hybridized carbons (Fsp3) is 0.0556. The van der Waals surface area contributed by atoms with Crippen molar-refractivity contribution in [2.75, 3.05) is 12.5 Å². The number of nitrogens with one attached hydrogen (secondary N) is 1. The van der Waals surface area contributed by atoms with Gasteiger partial charge in [-0.05, 0) is 17.7 Å². The molecule has 2 aromatic carbocycles. The van der Waals surface area contributed by atoms with E-state index in [-0.39, 0.29) is 0 Å². The number of methoxy groups -OCH3 is 1. The molecule has 1 N–H and O–H groups in total. The molecule has 0 aliphatic rings. The van der Waals surface area contributed by atoms with Gasteiger partial charge in [-0.3, -0.25) is 5.43 Å². The molecule has 0 radical (unpaired) electrons. The maximum Gasteiger partial charge on any atom is 0.350 e. The molecule has 0 bridgehead atoms. The van der Waals surface area contributed by atoms with Crippen LogP contribution in [-0.4, -0.2) is 24.3 Å². The van der Waals surface area contributed by atoms with Gasteiger partial charge in [0.2, 0.25) is 5.13 Å². The van der Waals surface area contributed by atoms with Crippen molar-refractivity contribution in [3.63, 3.8) is 0 Å². The molecule has 1 heterocycles. The van der Waals surface area contributed by atoms with E-state index in [1.807, 2.05) is 30.3 Å². The van der Waals surface area contributed by atoms with Crippen molar-refractivity contribution in [2.24, 2.45) is 5.10 Å². The highest BCUT2D eigenvalue weighted by atomic mass is 35.5. The Labute approximate surface area is 164 Å². The van der Waals surface area contributed by atoms with E-state index < -0.39 is 5.97 Å². The first kappa shape index (κ1) is 18.4. The lowest BCUT2D eigenvalue weighted by atomic mass is 10.1. The van der Waals surface area contributed by atoms with Gasteiger partial charge in [-0.25, -0.2) is 9.78 Å². The zero-order chi connectivity index (χ0) is 18.5. The van der Waals surface area contributed by atoms with Crippen LogP contribution < -0.4 is 5.43 Å². The molecule has 0 amide bonds. The highest BCUT2D eigenvalue weighted by molar-refractivity contribution is 7.17. The van der Waals surface area contributed by atoms with Gasteiger partial charge < -0.3 is 4.74 Å². The molecule has 0 atom stereocenters. The number of anilines is 1. The molecular weight excluding hydrogens is 393 g/mol. The summed E-state index contributed by atoms with van der Waals surface area (Å²) in [6.07, 6.45) is 1.59. The van der Waals surface area contributed by atoms with E-state index in [0.29, 0.717) is 25.7 Å². The smallest absolute Gasteiger partial charge is 0.350 e. The predicted molar refractivity (Wildman–Crippen MR) is 107 cm³/mol. The van der Waals surface area contributed by atoms with Gasteiger partial charge in [-0.15, -0.1) is 0 Å². The first-order chi connectivity index (χ1) is 12.6. The highest BCUT2D eigenvalue weighted by Gasteiger charge is 2.19. The Morgan fingerprint density at radius 3 is 2.65 bits per heavy atom. The van der Waals surface area contributed by atoms with E-state index >= 15 is 0 Å². The predicted octanol–water partition coefficient (Wildman–Crippen LogP) is 5.35. The third-order valence-corrected chi connectivity index (χ3v) is 5.04. The van der Waals surface area contributed by atoms with Gasteiger partial charge in [0.15, 0.2) is 0 Å². The second kappa shape index (κ2) is 8.31. The zero-order valence-electron chi connectivity index (χ0n) is 13.6. The third-order valence-electron chi connectivity index (χ3n) is 3.36. The zero-order valence-corrected chi connectivity index (χ0v) is 15.9. The summed E-state index contributed by atoms with van der Waals surface area (Å²) in [7, 11) is 1.34. The molecule has 3 aromatic rings. The number of hydrogen-bond donors (Lipinski definition) is 1. The van der Waals surface area contributed by atoms with Gasteiger partial charge in [0.05, 0.1) is 29.1 Å². The lowest BCUT2D eigenvalue weighted by Crippen LogP contribution is -2.00. The summed E-state index contributed by atoms with van der Waals surface area (Å²) in [6.45, 7) is 0. The number of esters is 1. The van der Waals surface area contributed by atoms with Crippen LogP contribution >= 0.6 is 34.5 Å². The quantitative estimate of drug-likeness (QED) is 0.353. The van der Waals surface area contributed by atoms with Crippen LogP contribution in [0.15, 0.2) is 53.6 Å². The largest absolute Gasteiger partial charge is 0.465 e. The monoisotopic (exact) mass is 405 g/mol. The molecule has 0 aliphatic carbocycles. The standard InChI is InChI=1S/C18H13Cl2N3O2S/c1-25-17(24)16-15(12-5-3-2-4-6-12)22-18(26-16)23-21-10-11-7-8-13(19)14(20)9-11/h2-10H,1H3,(H,22,23)/b21-10-. The molecule has 1 aromatic heterocycles. The van der Waals surface area contributed by atoms with E-state index in [0.717, 1.165) is 11.1 Å². The Balaban J connectivity index is 1.84. The maximum absolute atomic E-state index is 12.0. The molecule has 8 heteroatoms. The first-order valence-corrected chi connectivity index (χ1v) is 9.04. The van der Waals surface area contributed by atoms with Crippen LogP contribution in [0.25, 0.3) is 11.3 Å². The van der Waals surface area contributed by atoms with Crippen LogP contribution in [0, 0.1) is 0 Å². The summed E-state index contributed by atoms with van der Waals surface area (Å²) < 4.78 is 4.85. The minimum absolute atomic E-state index is 0.408. The minimum Gasteiger partial charge on any atom is -0.465 e. The third kappa shape index (κ3) is 4.22. The average Bonchev–Trinajstić information content (AvgIpc) is 3.09. The molecule has 0 aliphatic heterocycles. The first-order valence-electron chi connectivity index (χ1n) is 7.47. The SMILES string of the molecule is COC(=O)c1sc(N/N=C\c2ccc(Cl)c(Cl)c2)nc1-c1ccccc1. The highest BCUT2D eigenvalue weighted by Crippen LogP contribution is 2.31. The number of carbonyl (C=O) groups is 1. The Kier molecular flexibility index (Phi) is 5.88. The number of thiazole rings is 1. The van der Waals surface area contributed by atoms with Gasteiger partial charge in [-0.1, -0.05) is 70.9 Å². The summed E-state index contributed by atoms with van der Waals surface area (Å²) in [5.41, 5.74) is 4.98. The number of hydrazone groups is 1. The van der Waals surface area contributed by atoms with E-state index in [4.69, 9.17) is 27.9 Å². The van der Waals surface area contributed by atoms with E-state index in [9.17, 15) is 4.79 Å². The molecule has 0 fully saturated rings. The molecule has 0 spiro atoms. The lowest BCUT2D eigenvalue weighted by molar-refractivity contribution is 0.0607. The minimum atomic E-state index is -0.442. The summed E-state index contributed by atoms with van der Waals surface area (Å²) in [5.74, 6) is -0.442. The molecule has 3 rings (SSSR count). The molecule has 5 nitrogen and oxygen atoms in total. The lowest BCUT2D eigenvalue weighted by Gasteiger charge is -1.99. The average molecular weight is 406 g/mol. The molecule has 26 heavy (non-hydrogen) atoms. The maximum atomic E-state index is 12.0. The number of carbonyl (C=O) groups excluding carboxylic acids is 1. The van der Waals surface area contributed by atoms with Crippen LogP contribution in [0.3, 0.4) is 0 Å². The Morgan fingerprint density at radius 1 is 1.19 bits per heavy atom. The molecule has 0 saturated carbocycles. The molecular formula is C18H13Cl2N3O2S. The summed E-state index contributed by atoms with van der Waals surface area (Å²) in [4.78, 5) is 16.9. The van der Waals surface area contributed by atoms with Crippen molar-refractivity contribution >= 4 is 51.9 Å². The molecule has 0 unspecified atom stereocenters. The van der Waals surface area contributed by atoms with E-state index in [1.165, 1.54) is 18.4 Å². The summed E-state index contributed by atoms with van der Waals surface area (Å²) in [5, 5.41) is 5.53. The van der Waals surface area contributed by atoms with Crippen molar-refractivity contribution < 1.29 is 9.53 Å². The Bertz CT molecular complexity index is 958. The number of benzene rings is 2. The van der Waals surface area contributed by atoms with Gasteiger partial charge in [-0.2, -0.15) is 5.10 Å². The van der Waals surface area contributed by atoms with Gasteiger partial charge >= 0.3 is 5.97 Å².